The van der Waals surface area contributed by atoms with Gasteiger partial charge >= 0.3 is 5.97 Å². The van der Waals surface area contributed by atoms with Crippen LogP contribution < -0.4 is 10.0 Å². The quantitative estimate of drug-likeness (QED) is 0.437. The van der Waals surface area contributed by atoms with Crippen LogP contribution in [0, 0.1) is 0 Å². The number of carboxylic acids is 1. The van der Waals surface area contributed by atoms with E-state index in [0.717, 1.165) is 0 Å². The maximum Gasteiger partial charge on any atom is 0.303 e. The summed E-state index contributed by atoms with van der Waals surface area (Å²) in [6.07, 6.45) is 2.56. The largest absolute Gasteiger partial charge is 0.481 e. The average molecular weight is 340 g/mol. The van der Waals surface area contributed by atoms with Gasteiger partial charge in [0, 0.05) is 25.1 Å². The molecular weight excluding hydrogens is 320 g/mol. The number of benzene rings is 1. The Labute approximate surface area is 135 Å². The van der Waals surface area contributed by atoms with Crippen molar-refractivity contribution in [1.82, 2.24) is 10.0 Å². The van der Waals surface area contributed by atoms with Gasteiger partial charge in [-0.15, -0.1) is 6.58 Å². The zero-order valence-electron chi connectivity index (χ0n) is 12.6. The van der Waals surface area contributed by atoms with E-state index in [9.17, 15) is 18.0 Å². The highest BCUT2D eigenvalue weighted by Crippen LogP contribution is 2.10. The first-order valence-electron chi connectivity index (χ1n) is 7.07. The molecule has 0 fully saturated rings. The molecule has 0 saturated heterocycles. The van der Waals surface area contributed by atoms with Gasteiger partial charge in [0.25, 0.3) is 5.91 Å². The highest BCUT2D eigenvalue weighted by molar-refractivity contribution is 7.89. The van der Waals surface area contributed by atoms with Crippen LogP contribution >= 0.6 is 0 Å². The van der Waals surface area contributed by atoms with Crippen molar-refractivity contribution in [3.05, 3.63) is 42.5 Å². The van der Waals surface area contributed by atoms with Gasteiger partial charge in [-0.3, -0.25) is 9.59 Å². The van der Waals surface area contributed by atoms with E-state index in [2.05, 4.69) is 16.6 Å². The normalized spacial score (nSPS) is 11.0. The van der Waals surface area contributed by atoms with Crippen molar-refractivity contribution >= 4 is 21.9 Å². The topological polar surface area (TPSA) is 113 Å². The SMILES string of the molecule is C=CCNS(=O)(=O)c1ccc(C(=O)NCCCCC(=O)O)cc1. The lowest BCUT2D eigenvalue weighted by atomic mass is 10.2. The monoisotopic (exact) mass is 340 g/mol. The number of carbonyl (C=O) groups is 2. The summed E-state index contributed by atoms with van der Waals surface area (Å²) in [6, 6.07) is 5.56. The van der Waals surface area contributed by atoms with Crippen LogP contribution in [0.3, 0.4) is 0 Å². The molecular formula is C15H20N2O5S. The first kappa shape index (κ1) is 18.9. The molecule has 1 rings (SSSR count). The van der Waals surface area contributed by atoms with Gasteiger partial charge in [0.1, 0.15) is 0 Å². The minimum Gasteiger partial charge on any atom is -0.481 e. The molecule has 1 aromatic rings. The third-order valence-corrected chi connectivity index (χ3v) is 4.39. The highest BCUT2D eigenvalue weighted by Gasteiger charge is 2.13. The molecule has 1 amide bonds. The molecule has 0 spiro atoms. The first-order valence-corrected chi connectivity index (χ1v) is 8.56. The summed E-state index contributed by atoms with van der Waals surface area (Å²) in [5, 5.41) is 11.2. The van der Waals surface area contributed by atoms with Gasteiger partial charge < -0.3 is 10.4 Å². The number of unbranched alkanes of at least 4 members (excludes halogenated alkanes) is 1. The molecule has 0 heterocycles. The second-order valence-electron chi connectivity index (χ2n) is 4.77. The van der Waals surface area contributed by atoms with Crippen molar-refractivity contribution in [3.63, 3.8) is 0 Å². The van der Waals surface area contributed by atoms with E-state index in [1.54, 1.807) is 0 Å². The molecule has 3 N–H and O–H groups in total. The van der Waals surface area contributed by atoms with Crippen LogP contribution in [0.1, 0.15) is 29.6 Å². The number of carboxylic acid groups (broad SMARTS) is 1. The molecule has 0 aliphatic heterocycles. The predicted molar refractivity (Wildman–Crippen MR) is 85.6 cm³/mol. The third kappa shape index (κ3) is 6.62. The van der Waals surface area contributed by atoms with E-state index in [1.807, 2.05) is 0 Å². The van der Waals surface area contributed by atoms with E-state index in [-0.39, 0.29) is 23.8 Å². The Hall–Kier alpha value is -2.19. The van der Waals surface area contributed by atoms with Crippen LogP contribution in [0.2, 0.25) is 0 Å². The van der Waals surface area contributed by atoms with Crippen molar-refractivity contribution in [2.24, 2.45) is 0 Å². The van der Waals surface area contributed by atoms with Gasteiger partial charge in [-0.2, -0.15) is 0 Å². The summed E-state index contributed by atoms with van der Waals surface area (Å²) in [5.41, 5.74) is 0.339. The predicted octanol–water partition coefficient (Wildman–Crippen LogP) is 1.14. The number of carbonyl (C=O) groups excluding carboxylic acids is 1. The average Bonchev–Trinajstić information content (AvgIpc) is 2.52. The van der Waals surface area contributed by atoms with Crippen molar-refractivity contribution < 1.29 is 23.1 Å². The molecule has 126 valence electrons. The van der Waals surface area contributed by atoms with Crippen LogP contribution in [-0.2, 0) is 14.8 Å². The molecule has 0 unspecified atom stereocenters. The van der Waals surface area contributed by atoms with E-state index >= 15 is 0 Å². The number of sulfonamides is 1. The second kappa shape index (κ2) is 9.06. The first-order chi connectivity index (χ1) is 10.9. The lowest BCUT2D eigenvalue weighted by molar-refractivity contribution is -0.137. The number of aliphatic carboxylic acids is 1. The van der Waals surface area contributed by atoms with E-state index < -0.39 is 16.0 Å². The molecule has 23 heavy (non-hydrogen) atoms. The van der Waals surface area contributed by atoms with Gasteiger partial charge in [-0.05, 0) is 37.1 Å². The third-order valence-electron chi connectivity index (χ3n) is 2.95. The van der Waals surface area contributed by atoms with Crippen LogP contribution in [0.5, 0.6) is 0 Å². The Morgan fingerprint density at radius 2 is 1.83 bits per heavy atom. The maximum absolute atomic E-state index is 11.9. The van der Waals surface area contributed by atoms with Gasteiger partial charge in [-0.25, -0.2) is 13.1 Å². The molecule has 1 aromatic carbocycles. The van der Waals surface area contributed by atoms with Crippen molar-refractivity contribution in [1.29, 1.82) is 0 Å². The molecule has 0 aromatic heterocycles. The lowest BCUT2D eigenvalue weighted by Gasteiger charge is -2.07. The Bertz CT molecular complexity index is 653. The molecule has 0 aliphatic carbocycles. The van der Waals surface area contributed by atoms with Crippen molar-refractivity contribution in [2.75, 3.05) is 13.1 Å². The fourth-order valence-electron chi connectivity index (χ4n) is 1.74. The van der Waals surface area contributed by atoms with Crippen molar-refractivity contribution in [3.8, 4) is 0 Å². The Morgan fingerprint density at radius 3 is 2.39 bits per heavy atom. The van der Waals surface area contributed by atoms with Crippen LogP contribution in [-0.4, -0.2) is 38.5 Å². The summed E-state index contributed by atoms with van der Waals surface area (Å²) >= 11 is 0. The van der Waals surface area contributed by atoms with Gasteiger partial charge in [0.05, 0.1) is 4.90 Å². The van der Waals surface area contributed by atoms with E-state index in [4.69, 9.17) is 5.11 Å². The number of hydrogen-bond acceptors (Lipinski definition) is 4. The fourth-order valence-corrected chi connectivity index (χ4v) is 2.74. The van der Waals surface area contributed by atoms with E-state index in [0.29, 0.717) is 24.9 Å². The Kier molecular flexibility index (Phi) is 7.43. The number of hydrogen-bond donors (Lipinski definition) is 3. The van der Waals surface area contributed by atoms with E-state index in [1.165, 1.54) is 30.3 Å². The van der Waals surface area contributed by atoms with Gasteiger partial charge in [0.15, 0.2) is 0 Å². The molecule has 0 bridgehead atoms. The molecule has 0 atom stereocenters. The smallest absolute Gasteiger partial charge is 0.303 e. The minimum absolute atomic E-state index is 0.0670. The summed E-state index contributed by atoms with van der Waals surface area (Å²) < 4.78 is 26.1. The summed E-state index contributed by atoms with van der Waals surface area (Å²) in [6.45, 7) is 3.93. The lowest BCUT2D eigenvalue weighted by Crippen LogP contribution is -2.25. The highest BCUT2D eigenvalue weighted by atomic mass is 32.2. The Balaban J connectivity index is 2.54. The van der Waals surface area contributed by atoms with Crippen LogP contribution in [0.25, 0.3) is 0 Å². The van der Waals surface area contributed by atoms with Crippen LogP contribution in [0.15, 0.2) is 41.8 Å². The molecule has 0 saturated carbocycles. The summed E-state index contributed by atoms with van der Waals surface area (Å²) in [7, 11) is -3.61. The van der Waals surface area contributed by atoms with Crippen molar-refractivity contribution in [2.45, 2.75) is 24.2 Å². The molecule has 7 nitrogen and oxygen atoms in total. The standard InChI is InChI=1S/C15H20N2O5S/c1-2-10-17-23(21,22)13-8-6-12(7-9-13)15(20)16-11-4-3-5-14(18)19/h2,6-9,17H,1,3-5,10-11H2,(H,16,20)(H,18,19). The van der Waals surface area contributed by atoms with Gasteiger partial charge in [0.2, 0.25) is 10.0 Å². The summed E-state index contributed by atoms with van der Waals surface area (Å²) in [4.78, 5) is 22.3. The van der Waals surface area contributed by atoms with Crippen LogP contribution in [0.4, 0.5) is 0 Å². The fraction of sp³-hybridized carbons (Fsp3) is 0.333. The zero-order chi connectivity index (χ0) is 17.3. The zero-order valence-corrected chi connectivity index (χ0v) is 13.4. The number of rotatable bonds is 10. The maximum atomic E-state index is 11.9. The number of nitrogens with one attached hydrogen (secondary N) is 2. The summed E-state index contributed by atoms with van der Waals surface area (Å²) in [5.74, 6) is -1.19. The second-order valence-corrected chi connectivity index (χ2v) is 6.54. The van der Waals surface area contributed by atoms with Gasteiger partial charge in [-0.1, -0.05) is 6.08 Å². The molecule has 0 radical (unpaired) electrons. The minimum atomic E-state index is -3.61. The Morgan fingerprint density at radius 1 is 1.17 bits per heavy atom. The molecule has 0 aliphatic rings. The molecule has 8 heteroatoms. The number of amides is 1.